The van der Waals surface area contributed by atoms with Gasteiger partial charge in [0.15, 0.2) is 6.29 Å². The molecule has 0 saturated carbocycles. The molecule has 1 aromatic carbocycles. The first-order valence-corrected chi connectivity index (χ1v) is 11.0. The van der Waals surface area contributed by atoms with Gasteiger partial charge in [0.25, 0.3) is 5.91 Å². The smallest absolute Gasteiger partial charge is 0.267 e. The van der Waals surface area contributed by atoms with E-state index >= 15 is 0 Å². The summed E-state index contributed by atoms with van der Waals surface area (Å²) in [6.07, 6.45) is 8.55. The van der Waals surface area contributed by atoms with Gasteiger partial charge in [-0.25, -0.2) is 15.3 Å². The number of hydrogen-bond donors (Lipinski definition) is 2. The lowest BCUT2D eigenvalue weighted by Gasteiger charge is -2.21. The normalized spacial score (nSPS) is 21.9. The van der Waals surface area contributed by atoms with Crippen molar-refractivity contribution in [3.63, 3.8) is 0 Å². The molecule has 1 unspecified atom stereocenters. The Kier molecular flexibility index (Phi) is 7.65. The first-order chi connectivity index (χ1) is 15.2. The first-order valence-electron chi connectivity index (χ1n) is 11.0. The van der Waals surface area contributed by atoms with Gasteiger partial charge in [0, 0.05) is 51.0 Å². The second-order valence-corrected chi connectivity index (χ2v) is 8.04. The number of anilines is 1. The Morgan fingerprint density at radius 1 is 1.19 bits per heavy atom. The molecule has 2 aliphatic rings. The van der Waals surface area contributed by atoms with Crippen molar-refractivity contribution in [3.05, 3.63) is 65.9 Å². The molecule has 2 atom stereocenters. The number of ether oxygens (including phenoxy) is 1. The van der Waals surface area contributed by atoms with Crippen LogP contribution in [0.25, 0.3) is 6.08 Å². The molecule has 1 aromatic heterocycles. The summed E-state index contributed by atoms with van der Waals surface area (Å²) in [4.78, 5) is 24.1. The molecule has 7 heteroatoms. The van der Waals surface area contributed by atoms with E-state index < -0.39 is 0 Å². The van der Waals surface area contributed by atoms with Gasteiger partial charge in [-0.1, -0.05) is 30.3 Å². The summed E-state index contributed by atoms with van der Waals surface area (Å²) in [5.41, 5.74) is 4.61. The zero-order chi connectivity index (χ0) is 21.3. The van der Waals surface area contributed by atoms with Crippen LogP contribution < -0.4 is 10.8 Å². The van der Waals surface area contributed by atoms with Crippen molar-refractivity contribution in [1.29, 1.82) is 0 Å². The van der Waals surface area contributed by atoms with E-state index in [1.807, 2.05) is 12.1 Å². The van der Waals surface area contributed by atoms with E-state index in [1.54, 1.807) is 12.3 Å². The fourth-order valence-electron chi connectivity index (χ4n) is 3.87. The highest BCUT2D eigenvalue weighted by atomic mass is 16.8. The molecule has 31 heavy (non-hydrogen) atoms. The van der Waals surface area contributed by atoms with E-state index in [0.717, 1.165) is 56.7 Å². The maximum atomic E-state index is 11.9. The second-order valence-electron chi connectivity index (χ2n) is 8.04. The van der Waals surface area contributed by atoms with Gasteiger partial charge in [0.05, 0.1) is 0 Å². The number of likely N-dealkylation sites (tertiary alicyclic amines) is 1. The van der Waals surface area contributed by atoms with Crippen LogP contribution in [0.4, 0.5) is 5.82 Å². The Bertz CT molecular complexity index is 851. The number of rotatable bonds is 8. The largest absolute Gasteiger partial charge is 0.366 e. The molecule has 7 nitrogen and oxygen atoms in total. The van der Waals surface area contributed by atoms with E-state index in [-0.39, 0.29) is 12.2 Å². The van der Waals surface area contributed by atoms with E-state index in [9.17, 15) is 4.79 Å². The van der Waals surface area contributed by atoms with E-state index in [4.69, 9.17) is 9.57 Å². The predicted molar refractivity (Wildman–Crippen MR) is 120 cm³/mol. The summed E-state index contributed by atoms with van der Waals surface area (Å²) in [6, 6.07) is 14.9. The number of aromatic nitrogens is 1. The maximum Gasteiger partial charge on any atom is 0.267 e. The van der Waals surface area contributed by atoms with Crippen LogP contribution in [-0.4, -0.2) is 47.8 Å². The summed E-state index contributed by atoms with van der Waals surface area (Å²) >= 11 is 0. The minimum Gasteiger partial charge on any atom is -0.366 e. The molecule has 0 aliphatic carbocycles. The summed E-state index contributed by atoms with van der Waals surface area (Å²) in [5.74, 6) is 0.534. The number of hydroxylamine groups is 1. The fourth-order valence-corrected chi connectivity index (χ4v) is 3.87. The standard InChI is InChI=1S/C24H30N4O3/c29-23(27-31-24-8-4-5-15-30-24)12-10-19-9-11-22(25-16-19)26-21-13-14-28(18-21)17-20-6-2-1-3-7-20/h1-3,6-7,9-12,16,21,24H,4-5,8,13-15,17-18H2,(H,25,26)(H,27,29)/t21-,24?/m1/s1. The van der Waals surface area contributed by atoms with Crippen LogP contribution in [0.3, 0.4) is 0 Å². The van der Waals surface area contributed by atoms with Gasteiger partial charge >= 0.3 is 0 Å². The highest BCUT2D eigenvalue weighted by Crippen LogP contribution is 2.17. The average Bonchev–Trinajstić information content (AvgIpc) is 3.25. The highest BCUT2D eigenvalue weighted by Gasteiger charge is 2.22. The van der Waals surface area contributed by atoms with Crippen LogP contribution in [0.2, 0.25) is 0 Å². The molecule has 4 rings (SSSR count). The van der Waals surface area contributed by atoms with E-state index in [0.29, 0.717) is 12.6 Å². The number of carbonyl (C=O) groups excluding carboxylic acids is 1. The van der Waals surface area contributed by atoms with Gasteiger partial charge in [0.2, 0.25) is 0 Å². The third kappa shape index (κ3) is 6.89. The molecule has 3 heterocycles. The van der Waals surface area contributed by atoms with Crippen molar-refractivity contribution >= 4 is 17.8 Å². The van der Waals surface area contributed by atoms with Gasteiger partial charge in [-0.15, -0.1) is 0 Å². The lowest BCUT2D eigenvalue weighted by molar-refractivity contribution is -0.198. The molecule has 2 aliphatic heterocycles. The number of benzene rings is 1. The van der Waals surface area contributed by atoms with Crippen LogP contribution in [-0.2, 0) is 20.9 Å². The Morgan fingerprint density at radius 2 is 2.10 bits per heavy atom. The van der Waals surface area contributed by atoms with Crippen LogP contribution in [0, 0.1) is 0 Å². The molecule has 0 spiro atoms. The third-order valence-corrected chi connectivity index (χ3v) is 5.52. The zero-order valence-electron chi connectivity index (χ0n) is 17.7. The molecule has 1 amide bonds. The molecule has 0 radical (unpaired) electrons. The molecule has 2 fully saturated rings. The van der Waals surface area contributed by atoms with Gasteiger partial charge in [-0.05, 0) is 48.6 Å². The molecule has 2 saturated heterocycles. The molecular formula is C24H30N4O3. The minimum absolute atomic E-state index is 0.319. The quantitative estimate of drug-likeness (QED) is 0.502. The van der Waals surface area contributed by atoms with Crippen LogP contribution in [0.5, 0.6) is 0 Å². The topological polar surface area (TPSA) is 75.7 Å². The third-order valence-electron chi connectivity index (χ3n) is 5.52. The Morgan fingerprint density at radius 3 is 2.87 bits per heavy atom. The van der Waals surface area contributed by atoms with Gasteiger partial charge in [0.1, 0.15) is 5.82 Å². The number of pyridine rings is 1. The Labute approximate surface area is 183 Å². The van der Waals surface area contributed by atoms with Crippen LogP contribution in [0.15, 0.2) is 54.7 Å². The Hall–Kier alpha value is -2.74. The number of amides is 1. The van der Waals surface area contributed by atoms with E-state index in [2.05, 4.69) is 51.0 Å². The summed E-state index contributed by atoms with van der Waals surface area (Å²) in [7, 11) is 0. The lowest BCUT2D eigenvalue weighted by atomic mass is 10.2. The zero-order valence-corrected chi connectivity index (χ0v) is 17.7. The van der Waals surface area contributed by atoms with Gasteiger partial charge in [-0.2, -0.15) is 0 Å². The predicted octanol–water partition coefficient (Wildman–Crippen LogP) is 3.36. The Balaban J connectivity index is 1.19. The van der Waals surface area contributed by atoms with Crippen LogP contribution in [0.1, 0.15) is 36.8 Å². The van der Waals surface area contributed by atoms with Crippen molar-refractivity contribution in [1.82, 2.24) is 15.4 Å². The summed E-state index contributed by atoms with van der Waals surface area (Å²) in [6.45, 7) is 3.74. The summed E-state index contributed by atoms with van der Waals surface area (Å²) < 4.78 is 5.41. The maximum absolute atomic E-state index is 11.9. The van der Waals surface area contributed by atoms with E-state index in [1.165, 1.54) is 11.6 Å². The lowest BCUT2D eigenvalue weighted by Crippen LogP contribution is -2.32. The van der Waals surface area contributed by atoms with Crippen molar-refractivity contribution in [2.45, 2.75) is 44.6 Å². The molecular weight excluding hydrogens is 392 g/mol. The molecule has 0 bridgehead atoms. The van der Waals surface area contributed by atoms with Gasteiger partial charge in [-0.3, -0.25) is 9.69 Å². The van der Waals surface area contributed by atoms with Crippen molar-refractivity contribution in [3.8, 4) is 0 Å². The van der Waals surface area contributed by atoms with Crippen LogP contribution >= 0.6 is 0 Å². The van der Waals surface area contributed by atoms with Gasteiger partial charge < -0.3 is 10.1 Å². The molecule has 2 aromatic rings. The average molecular weight is 423 g/mol. The monoisotopic (exact) mass is 422 g/mol. The number of nitrogens with zero attached hydrogens (tertiary/aromatic N) is 2. The summed E-state index contributed by atoms with van der Waals surface area (Å²) in [5, 5.41) is 3.52. The first kappa shape index (κ1) is 21.5. The van der Waals surface area contributed by atoms with Crippen molar-refractivity contribution in [2.24, 2.45) is 0 Å². The second kappa shape index (κ2) is 11.0. The highest BCUT2D eigenvalue weighted by molar-refractivity contribution is 5.90. The minimum atomic E-state index is -0.350. The number of hydrogen-bond acceptors (Lipinski definition) is 6. The van der Waals surface area contributed by atoms with Crippen molar-refractivity contribution < 1.29 is 14.4 Å². The number of carbonyl (C=O) groups is 1. The molecule has 164 valence electrons. The molecule has 2 N–H and O–H groups in total. The van der Waals surface area contributed by atoms with Crippen molar-refractivity contribution in [2.75, 3.05) is 25.0 Å². The fraction of sp³-hybridized carbons (Fsp3) is 0.417. The SMILES string of the molecule is O=C(C=Cc1ccc(N[C@@H]2CCN(Cc3ccccc3)C2)nc1)NOC1CCCCO1. The number of nitrogens with one attached hydrogen (secondary N) is 2.